The van der Waals surface area contributed by atoms with Gasteiger partial charge in [0, 0.05) is 32.6 Å². The molecule has 2 fully saturated rings. The standard InChI is InChI=1S/C28H35N3O5/c1-34-23-7-3-2-6-22(23)29-27(33)30-14-11-28(12-15-30)13-16-31(20-28)26(32)8-4-5-21-9-10-24-25(19-21)36-18-17-35-24/h2-3,6-7,9-10,19H,4-5,8,11-18,20H2,1H3,(H,29,33). The average Bonchev–Trinajstić information content (AvgIpc) is 3.32. The lowest BCUT2D eigenvalue weighted by Crippen LogP contribution is -2.46. The maximum absolute atomic E-state index is 12.9. The van der Waals surface area contributed by atoms with Gasteiger partial charge in [-0.25, -0.2) is 4.79 Å². The minimum Gasteiger partial charge on any atom is -0.495 e. The van der Waals surface area contributed by atoms with Gasteiger partial charge in [-0.05, 0) is 67.3 Å². The first-order chi connectivity index (χ1) is 17.5. The number of aryl methyl sites for hydroxylation is 1. The van der Waals surface area contributed by atoms with Crippen LogP contribution in [0.1, 0.15) is 37.7 Å². The molecule has 3 amide bonds. The Bertz CT molecular complexity index is 1100. The van der Waals surface area contributed by atoms with E-state index in [1.165, 1.54) is 5.56 Å². The number of ether oxygens (including phenoxy) is 3. The molecule has 3 aliphatic heterocycles. The van der Waals surface area contributed by atoms with Crippen LogP contribution in [0.25, 0.3) is 0 Å². The predicted molar refractivity (Wildman–Crippen MR) is 137 cm³/mol. The third-order valence-electron chi connectivity index (χ3n) is 7.71. The second kappa shape index (κ2) is 10.7. The van der Waals surface area contributed by atoms with Crippen LogP contribution in [0.3, 0.4) is 0 Å². The molecule has 2 saturated heterocycles. The smallest absolute Gasteiger partial charge is 0.321 e. The molecule has 8 heteroatoms. The first kappa shape index (κ1) is 24.3. The van der Waals surface area contributed by atoms with E-state index in [1.807, 2.05) is 46.2 Å². The Morgan fingerprint density at radius 2 is 1.69 bits per heavy atom. The zero-order valence-electron chi connectivity index (χ0n) is 21.0. The summed E-state index contributed by atoms with van der Waals surface area (Å²) in [4.78, 5) is 29.6. The topological polar surface area (TPSA) is 80.3 Å². The molecule has 0 radical (unpaired) electrons. The highest BCUT2D eigenvalue weighted by Gasteiger charge is 2.42. The van der Waals surface area contributed by atoms with Gasteiger partial charge in [0.25, 0.3) is 0 Å². The highest BCUT2D eigenvalue weighted by atomic mass is 16.6. The highest BCUT2D eigenvalue weighted by molar-refractivity contribution is 5.91. The Labute approximate surface area is 212 Å². The van der Waals surface area contributed by atoms with Crippen LogP contribution in [-0.2, 0) is 11.2 Å². The van der Waals surface area contributed by atoms with Gasteiger partial charge in [-0.2, -0.15) is 0 Å². The second-order valence-corrected chi connectivity index (χ2v) is 10.0. The van der Waals surface area contributed by atoms with Crippen LogP contribution in [0.5, 0.6) is 17.2 Å². The SMILES string of the molecule is COc1ccccc1NC(=O)N1CCC2(CCN(C(=O)CCCc3ccc4c(c3)OCCO4)C2)CC1. The van der Waals surface area contributed by atoms with E-state index < -0.39 is 0 Å². The third-order valence-corrected chi connectivity index (χ3v) is 7.71. The van der Waals surface area contributed by atoms with Gasteiger partial charge in [0.15, 0.2) is 11.5 Å². The molecule has 0 atom stereocenters. The van der Waals surface area contributed by atoms with Crippen LogP contribution in [-0.4, -0.2) is 68.2 Å². The molecule has 3 aliphatic rings. The van der Waals surface area contributed by atoms with Crippen molar-refractivity contribution in [1.29, 1.82) is 0 Å². The number of hydrogen-bond acceptors (Lipinski definition) is 5. The van der Waals surface area contributed by atoms with Crippen LogP contribution in [0.4, 0.5) is 10.5 Å². The minimum atomic E-state index is -0.0978. The number of anilines is 1. The van der Waals surface area contributed by atoms with Crippen molar-refractivity contribution in [3.8, 4) is 17.2 Å². The van der Waals surface area contributed by atoms with Crippen LogP contribution in [0.2, 0.25) is 0 Å². The van der Waals surface area contributed by atoms with E-state index in [9.17, 15) is 9.59 Å². The summed E-state index contributed by atoms with van der Waals surface area (Å²) in [6, 6.07) is 13.4. The van der Waals surface area contributed by atoms with Crippen molar-refractivity contribution in [2.45, 2.75) is 38.5 Å². The van der Waals surface area contributed by atoms with Gasteiger partial charge in [-0.3, -0.25) is 4.79 Å². The number of hydrogen-bond donors (Lipinski definition) is 1. The highest BCUT2D eigenvalue weighted by Crippen LogP contribution is 2.41. The Balaban J connectivity index is 1.06. The van der Waals surface area contributed by atoms with Crippen LogP contribution in [0, 0.1) is 5.41 Å². The van der Waals surface area contributed by atoms with Crippen LogP contribution < -0.4 is 19.5 Å². The maximum atomic E-state index is 12.9. The summed E-state index contributed by atoms with van der Waals surface area (Å²) in [7, 11) is 1.60. The van der Waals surface area contributed by atoms with Crippen molar-refractivity contribution >= 4 is 17.6 Å². The molecule has 3 heterocycles. The molecule has 0 aromatic heterocycles. The Morgan fingerprint density at radius 3 is 2.47 bits per heavy atom. The molecule has 36 heavy (non-hydrogen) atoms. The number of fused-ring (bicyclic) bond motifs is 1. The molecule has 2 aromatic carbocycles. The molecule has 1 spiro atoms. The number of piperidine rings is 1. The first-order valence-electron chi connectivity index (χ1n) is 12.9. The molecule has 0 saturated carbocycles. The van der Waals surface area contributed by atoms with E-state index in [-0.39, 0.29) is 17.4 Å². The van der Waals surface area contributed by atoms with E-state index in [0.717, 1.165) is 56.7 Å². The lowest BCUT2D eigenvalue weighted by molar-refractivity contribution is -0.130. The van der Waals surface area contributed by atoms with E-state index in [4.69, 9.17) is 14.2 Å². The van der Waals surface area contributed by atoms with Gasteiger partial charge in [-0.15, -0.1) is 0 Å². The van der Waals surface area contributed by atoms with Crippen molar-refractivity contribution in [2.75, 3.05) is 51.8 Å². The summed E-state index contributed by atoms with van der Waals surface area (Å²) in [6.45, 7) is 4.19. The number of para-hydroxylation sites is 2. The first-order valence-corrected chi connectivity index (χ1v) is 12.9. The fourth-order valence-corrected chi connectivity index (χ4v) is 5.53. The number of nitrogens with one attached hydrogen (secondary N) is 1. The van der Waals surface area contributed by atoms with Crippen molar-refractivity contribution in [3.63, 3.8) is 0 Å². The molecular formula is C28H35N3O5. The molecular weight excluding hydrogens is 458 g/mol. The number of methoxy groups -OCH3 is 1. The average molecular weight is 494 g/mol. The molecule has 5 rings (SSSR count). The van der Waals surface area contributed by atoms with Gasteiger partial charge in [-0.1, -0.05) is 18.2 Å². The number of likely N-dealkylation sites (tertiary alicyclic amines) is 2. The summed E-state index contributed by atoms with van der Waals surface area (Å²) in [5, 5.41) is 2.97. The number of amides is 3. The molecule has 1 N–H and O–H groups in total. The maximum Gasteiger partial charge on any atom is 0.321 e. The van der Waals surface area contributed by atoms with E-state index in [1.54, 1.807) is 7.11 Å². The summed E-state index contributed by atoms with van der Waals surface area (Å²) in [5.41, 5.74) is 1.98. The summed E-state index contributed by atoms with van der Waals surface area (Å²) >= 11 is 0. The van der Waals surface area contributed by atoms with Crippen LogP contribution >= 0.6 is 0 Å². The normalized spacial score (nSPS) is 18.2. The van der Waals surface area contributed by atoms with Crippen LogP contribution in [0.15, 0.2) is 42.5 Å². The number of urea groups is 1. The fraction of sp³-hybridized carbons (Fsp3) is 0.500. The Hall–Kier alpha value is -3.42. The van der Waals surface area contributed by atoms with Crippen molar-refractivity contribution < 1.29 is 23.8 Å². The third kappa shape index (κ3) is 5.37. The number of carbonyl (C=O) groups is 2. The lowest BCUT2D eigenvalue weighted by atomic mass is 9.78. The summed E-state index contributed by atoms with van der Waals surface area (Å²) in [6.07, 6.45) is 5.08. The van der Waals surface area contributed by atoms with Gasteiger partial charge in [0.05, 0.1) is 12.8 Å². The van der Waals surface area contributed by atoms with E-state index >= 15 is 0 Å². The predicted octanol–water partition coefficient (Wildman–Crippen LogP) is 4.34. The summed E-state index contributed by atoms with van der Waals surface area (Å²) in [5.74, 6) is 2.49. The Morgan fingerprint density at radius 1 is 0.972 bits per heavy atom. The molecule has 8 nitrogen and oxygen atoms in total. The second-order valence-electron chi connectivity index (χ2n) is 10.0. The summed E-state index contributed by atoms with van der Waals surface area (Å²) < 4.78 is 16.6. The number of rotatable bonds is 6. The minimum absolute atomic E-state index is 0.0978. The molecule has 0 unspecified atom stereocenters. The zero-order valence-corrected chi connectivity index (χ0v) is 21.0. The number of nitrogens with zero attached hydrogens (tertiary/aromatic N) is 2. The fourth-order valence-electron chi connectivity index (χ4n) is 5.53. The van der Waals surface area contributed by atoms with Gasteiger partial charge in [0.2, 0.25) is 5.91 Å². The molecule has 192 valence electrons. The van der Waals surface area contributed by atoms with Crippen molar-refractivity contribution in [1.82, 2.24) is 9.80 Å². The monoisotopic (exact) mass is 493 g/mol. The largest absolute Gasteiger partial charge is 0.495 e. The number of benzene rings is 2. The zero-order chi connectivity index (χ0) is 25.0. The van der Waals surface area contributed by atoms with Crippen molar-refractivity contribution in [2.24, 2.45) is 5.41 Å². The van der Waals surface area contributed by atoms with E-state index in [2.05, 4.69) is 11.4 Å². The Kier molecular flexibility index (Phi) is 7.20. The molecule has 2 aromatic rings. The van der Waals surface area contributed by atoms with Gasteiger partial charge < -0.3 is 29.3 Å². The molecule has 0 aliphatic carbocycles. The quantitative estimate of drug-likeness (QED) is 0.648. The molecule has 0 bridgehead atoms. The van der Waals surface area contributed by atoms with Gasteiger partial charge in [0.1, 0.15) is 19.0 Å². The number of carbonyl (C=O) groups excluding carboxylic acids is 2. The lowest BCUT2D eigenvalue weighted by Gasteiger charge is -2.39. The van der Waals surface area contributed by atoms with E-state index in [0.29, 0.717) is 44.2 Å². The van der Waals surface area contributed by atoms with Crippen molar-refractivity contribution in [3.05, 3.63) is 48.0 Å². The van der Waals surface area contributed by atoms with Gasteiger partial charge >= 0.3 is 6.03 Å².